The Hall–Kier alpha value is -2.68. The van der Waals surface area contributed by atoms with Crippen LogP contribution in [0.25, 0.3) is 0 Å². The van der Waals surface area contributed by atoms with E-state index in [0.29, 0.717) is 24.6 Å². The van der Waals surface area contributed by atoms with Gasteiger partial charge in [0.1, 0.15) is 6.73 Å². The fourth-order valence-corrected chi connectivity index (χ4v) is 1.70. The molecule has 0 aliphatic carbocycles. The third-order valence-electron chi connectivity index (χ3n) is 2.77. The van der Waals surface area contributed by atoms with Gasteiger partial charge >= 0.3 is 5.97 Å². The van der Waals surface area contributed by atoms with Gasteiger partial charge in [0.2, 0.25) is 0 Å². The minimum absolute atomic E-state index is 0.0487. The maximum atomic E-state index is 12.0. The van der Waals surface area contributed by atoms with Crippen LogP contribution in [0.2, 0.25) is 0 Å². The quantitative estimate of drug-likeness (QED) is 0.746. The Morgan fingerprint density at radius 3 is 2.77 bits per heavy atom. The molecule has 0 aromatic carbocycles. The summed E-state index contributed by atoms with van der Waals surface area (Å²) in [6.07, 6.45) is 6.02. The molecule has 0 aliphatic rings. The van der Waals surface area contributed by atoms with Crippen molar-refractivity contribution in [3.63, 3.8) is 0 Å². The standard InChI is InChI=1S/C13H17N5O4/c1-2-22-9-18-8-11(6-15-18)16-13(21)10-5-14-17(7-10)4-3-12(19)20/h5-8H,2-4,9H2,1H3,(H,16,21)(H,19,20). The minimum Gasteiger partial charge on any atom is -0.481 e. The van der Waals surface area contributed by atoms with Crippen molar-refractivity contribution in [1.29, 1.82) is 0 Å². The number of carbonyl (C=O) groups is 2. The van der Waals surface area contributed by atoms with E-state index < -0.39 is 5.97 Å². The predicted molar refractivity (Wildman–Crippen MR) is 76.3 cm³/mol. The molecule has 0 bridgehead atoms. The van der Waals surface area contributed by atoms with Crippen molar-refractivity contribution >= 4 is 17.6 Å². The summed E-state index contributed by atoms with van der Waals surface area (Å²) in [6, 6.07) is 0. The van der Waals surface area contributed by atoms with Crippen molar-refractivity contribution in [3.05, 3.63) is 30.4 Å². The molecule has 1 amide bonds. The zero-order valence-corrected chi connectivity index (χ0v) is 12.1. The van der Waals surface area contributed by atoms with Crippen LogP contribution in [0.15, 0.2) is 24.8 Å². The van der Waals surface area contributed by atoms with Crippen LogP contribution in [0, 0.1) is 0 Å². The van der Waals surface area contributed by atoms with E-state index in [4.69, 9.17) is 9.84 Å². The van der Waals surface area contributed by atoms with Crippen molar-refractivity contribution in [2.24, 2.45) is 0 Å². The number of aryl methyl sites for hydroxylation is 1. The number of nitrogens with zero attached hydrogens (tertiary/aromatic N) is 4. The number of anilines is 1. The van der Waals surface area contributed by atoms with Gasteiger partial charge in [0.25, 0.3) is 5.91 Å². The van der Waals surface area contributed by atoms with Gasteiger partial charge in [-0.25, -0.2) is 4.68 Å². The molecule has 9 heteroatoms. The third kappa shape index (κ3) is 4.42. The third-order valence-corrected chi connectivity index (χ3v) is 2.77. The smallest absolute Gasteiger partial charge is 0.305 e. The summed E-state index contributed by atoms with van der Waals surface area (Å²) in [5, 5.41) is 19.3. The molecule has 0 saturated carbocycles. The number of rotatable bonds is 8. The normalized spacial score (nSPS) is 10.6. The highest BCUT2D eigenvalue weighted by molar-refractivity contribution is 6.03. The predicted octanol–water partition coefficient (Wildman–Crippen LogP) is 0.801. The summed E-state index contributed by atoms with van der Waals surface area (Å²) in [7, 11) is 0. The van der Waals surface area contributed by atoms with E-state index in [1.165, 1.54) is 23.3 Å². The van der Waals surface area contributed by atoms with Crippen LogP contribution in [0.1, 0.15) is 23.7 Å². The summed E-state index contributed by atoms with van der Waals surface area (Å²) >= 11 is 0. The Morgan fingerprint density at radius 1 is 1.27 bits per heavy atom. The number of hydrogen-bond donors (Lipinski definition) is 2. The second kappa shape index (κ2) is 7.36. The molecule has 0 unspecified atom stereocenters. The van der Waals surface area contributed by atoms with Gasteiger partial charge in [0.15, 0.2) is 0 Å². The SMILES string of the molecule is CCOCn1cc(NC(=O)c2cnn(CCC(=O)O)c2)cn1. The number of aliphatic carboxylic acids is 1. The lowest BCUT2D eigenvalue weighted by atomic mass is 10.3. The van der Waals surface area contributed by atoms with E-state index in [9.17, 15) is 9.59 Å². The lowest BCUT2D eigenvalue weighted by Gasteiger charge is -2.01. The molecular formula is C13H17N5O4. The molecule has 2 aromatic rings. The van der Waals surface area contributed by atoms with Crippen LogP contribution in [0.3, 0.4) is 0 Å². The van der Waals surface area contributed by atoms with E-state index in [2.05, 4.69) is 15.5 Å². The molecule has 0 fully saturated rings. The molecule has 2 N–H and O–H groups in total. The Labute approximate surface area is 126 Å². The highest BCUT2D eigenvalue weighted by Gasteiger charge is 2.10. The molecule has 118 valence electrons. The number of carbonyl (C=O) groups excluding carboxylic acids is 1. The molecule has 2 rings (SSSR count). The van der Waals surface area contributed by atoms with Gasteiger partial charge in [-0.3, -0.25) is 14.3 Å². The fourth-order valence-electron chi connectivity index (χ4n) is 1.70. The van der Waals surface area contributed by atoms with Crippen molar-refractivity contribution in [2.75, 3.05) is 11.9 Å². The summed E-state index contributed by atoms with van der Waals surface area (Å²) < 4.78 is 8.18. The van der Waals surface area contributed by atoms with Crippen molar-refractivity contribution < 1.29 is 19.4 Å². The summed E-state index contributed by atoms with van der Waals surface area (Å²) in [6.45, 7) is 3.00. The second-order valence-corrected chi connectivity index (χ2v) is 4.48. The average molecular weight is 307 g/mol. The first-order valence-electron chi connectivity index (χ1n) is 6.74. The maximum absolute atomic E-state index is 12.0. The summed E-state index contributed by atoms with van der Waals surface area (Å²) in [4.78, 5) is 22.5. The topological polar surface area (TPSA) is 111 Å². The van der Waals surface area contributed by atoms with Gasteiger partial charge in [-0.2, -0.15) is 10.2 Å². The number of carboxylic acid groups (broad SMARTS) is 1. The summed E-state index contributed by atoms with van der Waals surface area (Å²) in [5.74, 6) is -1.25. The number of ether oxygens (including phenoxy) is 1. The molecule has 0 aliphatic heterocycles. The van der Waals surface area contributed by atoms with Gasteiger partial charge < -0.3 is 15.2 Å². The van der Waals surface area contributed by atoms with Gasteiger partial charge in [0.05, 0.1) is 42.8 Å². The Bertz CT molecular complexity index is 648. The Balaban J connectivity index is 1.91. The van der Waals surface area contributed by atoms with Crippen LogP contribution >= 0.6 is 0 Å². The van der Waals surface area contributed by atoms with E-state index in [-0.39, 0.29) is 18.9 Å². The Morgan fingerprint density at radius 2 is 2.05 bits per heavy atom. The van der Waals surface area contributed by atoms with E-state index in [1.54, 1.807) is 10.9 Å². The van der Waals surface area contributed by atoms with Gasteiger partial charge in [-0.05, 0) is 6.92 Å². The van der Waals surface area contributed by atoms with Crippen LogP contribution in [-0.4, -0.2) is 43.2 Å². The zero-order valence-electron chi connectivity index (χ0n) is 12.1. The highest BCUT2D eigenvalue weighted by Crippen LogP contribution is 2.08. The number of nitrogens with one attached hydrogen (secondary N) is 1. The number of hydrogen-bond acceptors (Lipinski definition) is 5. The van der Waals surface area contributed by atoms with Gasteiger partial charge in [0, 0.05) is 12.8 Å². The molecule has 2 aromatic heterocycles. The van der Waals surface area contributed by atoms with Crippen molar-refractivity contribution in [3.8, 4) is 0 Å². The monoisotopic (exact) mass is 307 g/mol. The summed E-state index contributed by atoms with van der Waals surface area (Å²) in [5.41, 5.74) is 0.894. The number of carboxylic acids is 1. The first kappa shape index (κ1) is 15.7. The first-order chi connectivity index (χ1) is 10.6. The molecule has 0 radical (unpaired) electrons. The van der Waals surface area contributed by atoms with Gasteiger partial charge in [-0.1, -0.05) is 0 Å². The lowest BCUT2D eigenvalue weighted by molar-refractivity contribution is -0.137. The molecule has 22 heavy (non-hydrogen) atoms. The van der Waals surface area contributed by atoms with Crippen molar-refractivity contribution in [2.45, 2.75) is 26.6 Å². The van der Waals surface area contributed by atoms with E-state index in [0.717, 1.165) is 0 Å². The van der Waals surface area contributed by atoms with E-state index >= 15 is 0 Å². The first-order valence-corrected chi connectivity index (χ1v) is 6.74. The highest BCUT2D eigenvalue weighted by atomic mass is 16.5. The van der Waals surface area contributed by atoms with Crippen LogP contribution < -0.4 is 5.32 Å². The maximum Gasteiger partial charge on any atom is 0.305 e. The second-order valence-electron chi connectivity index (χ2n) is 4.48. The molecule has 9 nitrogen and oxygen atoms in total. The molecule has 2 heterocycles. The van der Waals surface area contributed by atoms with Crippen molar-refractivity contribution in [1.82, 2.24) is 19.6 Å². The van der Waals surface area contributed by atoms with Crippen LogP contribution in [0.4, 0.5) is 5.69 Å². The van der Waals surface area contributed by atoms with Crippen LogP contribution in [-0.2, 0) is 22.8 Å². The lowest BCUT2D eigenvalue weighted by Crippen LogP contribution is -2.11. The Kier molecular flexibility index (Phi) is 5.26. The minimum atomic E-state index is -0.914. The fraction of sp³-hybridized carbons (Fsp3) is 0.385. The molecule has 0 atom stereocenters. The molecule has 0 saturated heterocycles. The molecular weight excluding hydrogens is 290 g/mol. The average Bonchev–Trinajstić information content (AvgIpc) is 3.12. The van der Waals surface area contributed by atoms with Crippen LogP contribution in [0.5, 0.6) is 0 Å². The largest absolute Gasteiger partial charge is 0.481 e. The molecule has 0 spiro atoms. The number of amides is 1. The van der Waals surface area contributed by atoms with Gasteiger partial charge in [-0.15, -0.1) is 0 Å². The zero-order chi connectivity index (χ0) is 15.9. The van der Waals surface area contributed by atoms with E-state index in [1.807, 2.05) is 6.92 Å². The number of aromatic nitrogens is 4.